The Balaban J connectivity index is 1.85. The van der Waals surface area contributed by atoms with Gasteiger partial charge in [-0.2, -0.15) is 0 Å². The number of rotatable bonds is 6. The van der Waals surface area contributed by atoms with E-state index in [1.54, 1.807) is 0 Å². The van der Waals surface area contributed by atoms with Crippen molar-refractivity contribution in [1.29, 1.82) is 0 Å². The number of amides is 2. The molecule has 1 fully saturated rings. The molecule has 1 aromatic heterocycles. The smallest absolute Gasteiger partial charge is 0.310 e. The van der Waals surface area contributed by atoms with Crippen molar-refractivity contribution in [3.8, 4) is 0 Å². The predicted molar refractivity (Wildman–Crippen MR) is 67.6 cm³/mol. The maximum Gasteiger partial charge on any atom is 0.310 e. The summed E-state index contributed by atoms with van der Waals surface area (Å²) in [5.74, 6) is -1.53. The van der Waals surface area contributed by atoms with E-state index in [1.807, 2.05) is 0 Å². The van der Waals surface area contributed by atoms with E-state index in [2.05, 4.69) is 5.32 Å². The quantitative estimate of drug-likeness (QED) is 0.705. The first kappa shape index (κ1) is 14.1. The topological polar surface area (TPSA) is 123 Å². The first-order chi connectivity index (χ1) is 9.43. The van der Waals surface area contributed by atoms with Crippen LogP contribution < -0.4 is 11.1 Å². The van der Waals surface area contributed by atoms with Crippen LogP contribution in [0.25, 0.3) is 0 Å². The van der Waals surface area contributed by atoms with Gasteiger partial charge in [0, 0.05) is 6.42 Å². The zero-order chi connectivity index (χ0) is 14.8. The van der Waals surface area contributed by atoms with E-state index in [0.29, 0.717) is 18.6 Å². The largest absolute Gasteiger partial charge is 0.481 e. The van der Waals surface area contributed by atoms with Crippen molar-refractivity contribution in [3.05, 3.63) is 23.7 Å². The zero-order valence-electron chi connectivity index (χ0n) is 10.8. The van der Waals surface area contributed by atoms with E-state index in [9.17, 15) is 14.4 Å². The Bertz CT molecular complexity index is 545. The summed E-state index contributed by atoms with van der Waals surface area (Å²) in [6, 6.07) is 2.96. The third-order valence-electron chi connectivity index (χ3n) is 3.63. The molecule has 1 aromatic rings. The van der Waals surface area contributed by atoms with Gasteiger partial charge in [-0.05, 0) is 25.0 Å². The highest BCUT2D eigenvalue weighted by Gasteiger charge is 2.45. The van der Waals surface area contributed by atoms with Gasteiger partial charge in [-0.15, -0.1) is 0 Å². The van der Waals surface area contributed by atoms with Crippen molar-refractivity contribution in [3.63, 3.8) is 0 Å². The molecular weight excluding hydrogens is 264 g/mol. The minimum Gasteiger partial charge on any atom is -0.481 e. The van der Waals surface area contributed by atoms with Crippen molar-refractivity contribution in [2.45, 2.75) is 32.2 Å². The van der Waals surface area contributed by atoms with Gasteiger partial charge in [0.2, 0.25) is 5.91 Å². The lowest BCUT2D eigenvalue weighted by Crippen LogP contribution is -2.42. The lowest BCUT2D eigenvalue weighted by atomic mass is 9.66. The molecule has 0 aliphatic heterocycles. The standard InChI is InChI=1S/C13H16N2O5/c14-11(17)9-3-2-8(20-9)7-15-10(16)6-13(12(18)19)4-1-5-13/h2-3H,1,4-7H2,(H2,14,17)(H,15,16)(H,18,19). The van der Waals surface area contributed by atoms with Crippen LogP contribution in [0.1, 0.15) is 42.0 Å². The molecule has 0 spiro atoms. The summed E-state index contributed by atoms with van der Waals surface area (Å²) in [5, 5.41) is 11.7. The van der Waals surface area contributed by atoms with Crippen LogP contribution in [-0.4, -0.2) is 22.9 Å². The van der Waals surface area contributed by atoms with Crippen LogP contribution in [0.3, 0.4) is 0 Å². The second kappa shape index (κ2) is 5.36. The summed E-state index contributed by atoms with van der Waals surface area (Å²) in [4.78, 5) is 33.7. The number of furan rings is 1. The Kier molecular flexibility index (Phi) is 3.78. The molecule has 0 saturated heterocycles. The molecule has 1 aliphatic carbocycles. The molecule has 2 rings (SSSR count). The number of carbonyl (C=O) groups excluding carboxylic acids is 2. The number of carbonyl (C=O) groups is 3. The van der Waals surface area contributed by atoms with E-state index in [1.165, 1.54) is 12.1 Å². The molecule has 1 heterocycles. The molecule has 0 atom stereocenters. The Morgan fingerprint density at radius 1 is 1.35 bits per heavy atom. The molecule has 1 aliphatic rings. The van der Waals surface area contributed by atoms with Gasteiger partial charge < -0.3 is 20.6 Å². The number of carboxylic acids is 1. The van der Waals surface area contributed by atoms with Crippen molar-refractivity contribution in [1.82, 2.24) is 5.32 Å². The van der Waals surface area contributed by atoms with Gasteiger partial charge in [-0.1, -0.05) is 6.42 Å². The Morgan fingerprint density at radius 3 is 2.50 bits per heavy atom. The number of nitrogens with one attached hydrogen (secondary N) is 1. The maximum absolute atomic E-state index is 11.8. The number of nitrogens with two attached hydrogens (primary N) is 1. The summed E-state index contributed by atoms with van der Waals surface area (Å²) in [5.41, 5.74) is 4.13. The minimum atomic E-state index is -0.923. The van der Waals surface area contributed by atoms with Crippen molar-refractivity contribution < 1.29 is 23.9 Å². The third-order valence-corrected chi connectivity index (χ3v) is 3.63. The first-order valence-corrected chi connectivity index (χ1v) is 6.31. The summed E-state index contributed by atoms with van der Waals surface area (Å²) < 4.78 is 5.11. The van der Waals surface area contributed by atoms with E-state index in [-0.39, 0.29) is 24.6 Å². The molecule has 0 radical (unpaired) electrons. The fraction of sp³-hybridized carbons (Fsp3) is 0.462. The van der Waals surface area contributed by atoms with E-state index in [4.69, 9.17) is 15.3 Å². The van der Waals surface area contributed by atoms with Crippen LogP contribution >= 0.6 is 0 Å². The molecule has 2 amide bonds. The summed E-state index contributed by atoms with van der Waals surface area (Å²) >= 11 is 0. The first-order valence-electron chi connectivity index (χ1n) is 6.31. The number of carboxylic acid groups (broad SMARTS) is 1. The third kappa shape index (κ3) is 2.81. The lowest BCUT2D eigenvalue weighted by molar-refractivity contribution is -0.157. The summed E-state index contributed by atoms with van der Waals surface area (Å²) in [6.45, 7) is 0.0990. The molecular formula is C13H16N2O5. The van der Waals surface area contributed by atoms with Gasteiger partial charge in [0.05, 0.1) is 12.0 Å². The normalized spacial score (nSPS) is 16.2. The molecule has 20 heavy (non-hydrogen) atoms. The van der Waals surface area contributed by atoms with Gasteiger partial charge in [-0.25, -0.2) is 0 Å². The van der Waals surface area contributed by atoms with Gasteiger partial charge in [0.25, 0.3) is 5.91 Å². The molecule has 0 unspecified atom stereocenters. The second-order valence-electron chi connectivity index (χ2n) is 5.02. The molecule has 1 saturated carbocycles. The van der Waals surface area contributed by atoms with Crippen LogP contribution in [0.4, 0.5) is 0 Å². The summed E-state index contributed by atoms with van der Waals surface area (Å²) in [7, 11) is 0. The van der Waals surface area contributed by atoms with Crippen LogP contribution in [-0.2, 0) is 16.1 Å². The molecule has 0 aromatic carbocycles. The molecule has 4 N–H and O–H groups in total. The summed E-state index contributed by atoms with van der Waals surface area (Å²) in [6.07, 6.45) is 1.86. The molecule has 0 bridgehead atoms. The number of aliphatic carboxylic acids is 1. The van der Waals surface area contributed by atoms with Crippen molar-refractivity contribution in [2.75, 3.05) is 0 Å². The van der Waals surface area contributed by atoms with Gasteiger partial charge in [0.1, 0.15) is 5.76 Å². The molecule has 7 nitrogen and oxygen atoms in total. The maximum atomic E-state index is 11.8. The van der Waals surface area contributed by atoms with E-state index < -0.39 is 17.3 Å². The van der Waals surface area contributed by atoms with Crippen molar-refractivity contribution >= 4 is 17.8 Å². The lowest BCUT2D eigenvalue weighted by Gasteiger charge is -2.36. The fourth-order valence-corrected chi connectivity index (χ4v) is 2.23. The highest BCUT2D eigenvalue weighted by Crippen LogP contribution is 2.44. The van der Waals surface area contributed by atoms with Crippen LogP contribution in [0, 0.1) is 5.41 Å². The SMILES string of the molecule is NC(=O)c1ccc(CNC(=O)CC2(C(=O)O)CCC2)o1. The Morgan fingerprint density at radius 2 is 2.05 bits per heavy atom. The van der Waals surface area contributed by atoms with E-state index >= 15 is 0 Å². The van der Waals surface area contributed by atoms with Crippen LogP contribution in [0.5, 0.6) is 0 Å². The average molecular weight is 280 g/mol. The van der Waals surface area contributed by atoms with Gasteiger partial charge in [-0.3, -0.25) is 14.4 Å². The Hall–Kier alpha value is -2.31. The van der Waals surface area contributed by atoms with Gasteiger partial charge in [0.15, 0.2) is 5.76 Å². The fourth-order valence-electron chi connectivity index (χ4n) is 2.23. The van der Waals surface area contributed by atoms with E-state index in [0.717, 1.165) is 6.42 Å². The average Bonchev–Trinajstić information content (AvgIpc) is 2.79. The Labute approximate surface area is 115 Å². The zero-order valence-corrected chi connectivity index (χ0v) is 10.8. The highest BCUT2D eigenvalue weighted by atomic mass is 16.4. The molecule has 108 valence electrons. The number of hydrogen-bond donors (Lipinski definition) is 3. The van der Waals surface area contributed by atoms with Crippen LogP contribution in [0.15, 0.2) is 16.5 Å². The second-order valence-corrected chi connectivity index (χ2v) is 5.02. The highest BCUT2D eigenvalue weighted by molar-refractivity contribution is 5.90. The predicted octanol–water partition coefficient (Wildman–Crippen LogP) is 0.640. The van der Waals surface area contributed by atoms with Gasteiger partial charge >= 0.3 is 5.97 Å². The number of hydrogen-bond acceptors (Lipinski definition) is 4. The monoisotopic (exact) mass is 280 g/mol. The number of primary amides is 1. The van der Waals surface area contributed by atoms with Crippen LogP contribution in [0.2, 0.25) is 0 Å². The van der Waals surface area contributed by atoms with Crippen molar-refractivity contribution in [2.24, 2.45) is 11.1 Å². The molecule has 7 heteroatoms. The minimum absolute atomic E-state index is 0.0234.